The second kappa shape index (κ2) is 18.8. The van der Waals surface area contributed by atoms with E-state index in [0.29, 0.717) is 12.0 Å². The normalized spacial score (nSPS) is 12.7. The summed E-state index contributed by atoms with van der Waals surface area (Å²) < 4.78 is 5.13. The molecule has 0 aliphatic carbocycles. The van der Waals surface area contributed by atoms with Crippen LogP contribution in [-0.4, -0.2) is 4.57 Å². The van der Waals surface area contributed by atoms with Gasteiger partial charge in [0.1, 0.15) is 12.4 Å². The fourth-order valence-electron chi connectivity index (χ4n) is 4.95. The molecule has 0 fully saturated rings. The molecule has 0 amide bonds. The summed E-state index contributed by atoms with van der Waals surface area (Å²) in [6.07, 6.45) is 30.0. The molecule has 0 aliphatic heterocycles. The van der Waals surface area contributed by atoms with Gasteiger partial charge >= 0.3 is 0 Å². The van der Waals surface area contributed by atoms with E-state index >= 15 is 0 Å². The van der Waals surface area contributed by atoms with Gasteiger partial charge in [0.25, 0.3) is 5.82 Å². The van der Waals surface area contributed by atoms with Gasteiger partial charge in [-0.1, -0.05) is 118 Å². The molecule has 1 unspecified atom stereocenters. The minimum Gasteiger partial charge on any atom is -0.234 e. The van der Waals surface area contributed by atoms with Crippen molar-refractivity contribution in [1.82, 2.24) is 4.57 Å². The van der Waals surface area contributed by atoms with Gasteiger partial charge in [-0.2, -0.15) is 0 Å². The molecule has 0 saturated heterocycles. The first kappa shape index (κ1) is 28.2. The summed E-state index contributed by atoms with van der Waals surface area (Å²) in [7, 11) is 0. The van der Waals surface area contributed by atoms with Gasteiger partial charge < -0.3 is 0 Å². The van der Waals surface area contributed by atoms with Crippen LogP contribution in [0.1, 0.15) is 168 Å². The molecule has 0 bridgehead atoms. The average molecular weight is 434 g/mol. The second-order valence-electron chi connectivity index (χ2n) is 10.4. The number of aromatic nitrogens is 2. The fourth-order valence-corrected chi connectivity index (χ4v) is 4.95. The SMILES string of the molecule is CCCCCCCCCCCCC(C)n1cc[n+](CCCCCCCCC)c1C(C)C. The summed E-state index contributed by atoms with van der Waals surface area (Å²) in [4.78, 5) is 0. The Morgan fingerprint density at radius 2 is 1.10 bits per heavy atom. The molecule has 31 heavy (non-hydrogen) atoms. The van der Waals surface area contributed by atoms with Crippen molar-refractivity contribution in [2.45, 2.75) is 169 Å². The van der Waals surface area contributed by atoms with Crippen molar-refractivity contribution in [2.24, 2.45) is 0 Å². The van der Waals surface area contributed by atoms with E-state index in [0.717, 1.165) is 0 Å². The molecule has 1 atom stereocenters. The molecule has 0 N–H and O–H groups in total. The Hall–Kier alpha value is -0.790. The number of imidazole rings is 1. The van der Waals surface area contributed by atoms with Crippen LogP contribution in [0.3, 0.4) is 0 Å². The molecule has 0 spiro atoms. The molecular weight excluding hydrogens is 376 g/mol. The lowest BCUT2D eigenvalue weighted by Crippen LogP contribution is -2.38. The first-order chi connectivity index (χ1) is 15.1. The van der Waals surface area contributed by atoms with E-state index in [9.17, 15) is 0 Å². The fraction of sp³-hybridized carbons (Fsp3) is 0.897. The maximum atomic E-state index is 2.58. The molecule has 0 aliphatic rings. The zero-order valence-electron chi connectivity index (χ0n) is 22.1. The Kier molecular flexibility index (Phi) is 17.1. The van der Waals surface area contributed by atoms with E-state index in [4.69, 9.17) is 0 Å². The van der Waals surface area contributed by atoms with Crippen LogP contribution in [0.5, 0.6) is 0 Å². The number of rotatable bonds is 21. The van der Waals surface area contributed by atoms with Crippen molar-refractivity contribution < 1.29 is 4.57 Å². The third-order valence-corrected chi connectivity index (χ3v) is 6.94. The third-order valence-electron chi connectivity index (χ3n) is 6.94. The molecule has 2 nitrogen and oxygen atoms in total. The maximum absolute atomic E-state index is 2.58. The smallest absolute Gasteiger partial charge is 0.234 e. The Morgan fingerprint density at radius 3 is 1.58 bits per heavy atom. The second-order valence-corrected chi connectivity index (χ2v) is 10.4. The van der Waals surface area contributed by atoms with Gasteiger partial charge in [0, 0.05) is 0 Å². The quantitative estimate of drug-likeness (QED) is 0.135. The molecule has 0 radical (unpaired) electrons. The van der Waals surface area contributed by atoms with E-state index in [1.54, 1.807) is 0 Å². The van der Waals surface area contributed by atoms with Crippen molar-refractivity contribution in [2.75, 3.05) is 0 Å². The average Bonchev–Trinajstić information content (AvgIpc) is 3.18. The maximum Gasteiger partial charge on any atom is 0.259 e. The third kappa shape index (κ3) is 12.7. The van der Waals surface area contributed by atoms with Crippen LogP contribution < -0.4 is 4.57 Å². The van der Waals surface area contributed by atoms with Crippen LogP contribution in [0.2, 0.25) is 0 Å². The predicted octanol–water partition coefficient (Wildman–Crippen LogP) is 9.52. The van der Waals surface area contributed by atoms with Crippen molar-refractivity contribution in [1.29, 1.82) is 0 Å². The van der Waals surface area contributed by atoms with Gasteiger partial charge in [-0.05, 0) is 32.6 Å². The van der Waals surface area contributed by atoms with Crippen LogP contribution in [-0.2, 0) is 6.54 Å². The highest BCUT2D eigenvalue weighted by molar-refractivity contribution is 4.92. The number of unbranched alkanes of at least 4 members (excludes halogenated alkanes) is 15. The van der Waals surface area contributed by atoms with Crippen LogP contribution >= 0.6 is 0 Å². The minimum absolute atomic E-state index is 0.592. The zero-order chi connectivity index (χ0) is 22.7. The Morgan fingerprint density at radius 1 is 0.645 bits per heavy atom. The highest BCUT2D eigenvalue weighted by Gasteiger charge is 2.23. The predicted molar refractivity (Wildman–Crippen MR) is 138 cm³/mol. The van der Waals surface area contributed by atoms with Gasteiger partial charge in [-0.3, -0.25) is 0 Å². The van der Waals surface area contributed by atoms with Gasteiger partial charge in [-0.25, -0.2) is 9.13 Å². The highest BCUT2D eigenvalue weighted by Crippen LogP contribution is 2.22. The number of hydrogen-bond acceptors (Lipinski definition) is 0. The van der Waals surface area contributed by atoms with E-state index < -0.39 is 0 Å². The van der Waals surface area contributed by atoms with Gasteiger partial charge in [0.2, 0.25) is 0 Å². The summed E-state index contributed by atoms with van der Waals surface area (Å²) in [5, 5.41) is 0. The van der Waals surface area contributed by atoms with Gasteiger partial charge in [0.15, 0.2) is 0 Å². The molecule has 0 aromatic carbocycles. The summed E-state index contributed by atoms with van der Waals surface area (Å²) in [5.41, 5.74) is 0. The first-order valence-corrected chi connectivity index (χ1v) is 14.2. The van der Waals surface area contributed by atoms with Crippen LogP contribution in [0.25, 0.3) is 0 Å². The lowest BCUT2D eigenvalue weighted by molar-refractivity contribution is -0.705. The van der Waals surface area contributed by atoms with E-state index in [-0.39, 0.29) is 0 Å². The monoisotopic (exact) mass is 433 g/mol. The van der Waals surface area contributed by atoms with Crippen molar-refractivity contribution >= 4 is 0 Å². The Bertz CT molecular complexity index is 517. The lowest BCUT2D eigenvalue weighted by Gasteiger charge is -2.14. The topological polar surface area (TPSA) is 8.81 Å². The molecular formula is C29H57N2+. The summed E-state index contributed by atoms with van der Waals surface area (Å²) in [6.45, 7) is 12.9. The summed E-state index contributed by atoms with van der Waals surface area (Å²) in [6, 6.07) is 0.627. The Balaban J connectivity index is 2.27. The van der Waals surface area contributed by atoms with E-state index in [1.165, 1.54) is 128 Å². The van der Waals surface area contributed by atoms with E-state index in [2.05, 4.69) is 56.1 Å². The number of aryl methyl sites for hydroxylation is 1. The summed E-state index contributed by atoms with van der Waals surface area (Å²) >= 11 is 0. The summed E-state index contributed by atoms with van der Waals surface area (Å²) in [5.74, 6) is 2.13. The van der Waals surface area contributed by atoms with Crippen molar-refractivity contribution in [3.63, 3.8) is 0 Å². The van der Waals surface area contributed by atoms with Gasteiger partial charge in [-0.15, -0.1) is 0 Å². The van der Waals surface area contributed by atoms with Crippen LogP contribution in [0.15, 0.2) is 12.4 Å². The Labute approximate surface area is 196 Å². The standard InChI is InChI=1S/C29H57N2/c1-6-8-10-12-14-15-16-17-19-21-23-28(5)31-26-25-30(29(31)27(3)4)24-22-20-18-13-11-9-7-2/h25-28H,6-24H2,1-5H3/q+1. The van der Waals surface area contributed by atoms with Crippen molar-refractivity contribution in [3.8, 4) is 0 Å². The molecule has 1 aromatic heterocycles. The van der Waals surface area contributed by atoms with Crippen molar-refractivity contribution in [3.05, 3.63) is 18.2 Å². The molecule has 1 rings (SSSR count). The van der Waals surface area contributed by atoms with Gasteiger partial charge in [0.05, 0.1) is 18.5 Å². The number of nitrogens with zero attached hydrogens (tertiary/aromatic N) is 2. The minimum atomic E-state index is 0.592. The molecule has 1 heterocycles. The molecule has 2 heteroatoms. The molecule has 182 valence electrons. The van der Waals surface area contributed by atoms with Crippen LogP contribution in [0, 0.1) is 0 Å². The van der Waals surface area contributed by atoms with Crippen LogP contribution in [0.4, 0.5) is 0 Å². The largest absolute Gasteiger partial charge is 0.259 e. The van der Waals surface area contributed by atoms with E-state index in [1.807, 2.05) is 0 Å². The molecule has 0 saturated carbocycles. The first-order valence-electron chi connectivity index (χ1n) is 14.2. The molecule has 1 aromatic rings. The number of hydrogen-bond donors (Lipinski definition) is 0. The lowest BCUT2D eigenvalue weighted by atomic mass is 10.0. The highest BCUT2D eigenvalue weighted by atomic mass is 15.2. The zero-order valence-corrected chi connectivity index (χ0v) is 22.1.